The van der Waals surface area contributed by atoms with Gasteiger partial charge in [-0.25, -0.2) is 0 Å². The minimum atomic E-state index is -3.72. The normalized spacial score (nSPS) is 11.6. The van der Waals surface area contributed by atoms with Crippen LogP contribution >= 0.6 is 22.6 Å². The van der Waals surface area contributed by atoms with Gasteiger partial charge in [-0.3, -0.25) is 0 Å². The maximum atomic E-state index is 12.9. The van der Waals surface area contributed by atoms with Gasteiger partial charge in [0.05, 0.1) is 20.4 Å². The van der Waals surface area contributed by atoms with E-state index in [1.807, 2.05) is 38.1 Å². The van der Waals surface area contributed by atoms with Crippen LogP contribution in [0, 0.1) is 17.4 Å². The lowest BCUT2D eigenvalue weighted by Crippen LogP contribution is -2.16. The van der Waals surface area contributed by atoms with Crippen LogP contribution in [0.5, 0.6) is 0 Å². The Morgan fingerprint density at radius 3 is 2.00 bits per heavy atom. The quantitative estimate of drug-likeness (QED) is 0.581. The van der Waals surface area contributed by atoms with Gasteiger partial charge in [0.1, 0.15) is 0 Å². The van der Waals surface area contributed by atoms with Gasteiger partial charge in [0.15, 0.2) is 0 Å². The molecule has 3 rings (SSSR count). The number of aromatic nitrogens is 2. The molecule has 0 unspecified atom stereocenters. The highest BCUT2D eigenvalue weighted by Gasteiger charge is 2.23. The van der Waals surface area contributed by atoms with Crippen molar-refractivity contribution in [2.45, 2.75) is 18.7 Å². The Morgan fingerprint density at radius 2 is 1.43 bits per heavy atom. The monoisotopic (exact) mass is 438 g/mol. The highest BCUT2D eigenvalue weighted by Crippen LogP contribution is 2.28. The van der Waals surface area contributed by atoms with E-state index in [9.17, 15) is 8.42 Å². The second-order valence-corrected chi connectivity index (χ2v) is 8.30. The molecule has 0 aliphatic heterocycles. The van der Waals surface area contributed by atoms with Gasteiger partial charge in [-0.1, -0.05) is 47.5 Å². The van der Waals surface area contributed by atoms with E-state index in [2.05, 4.69) is 27.7 Å². The zero-order valence-corrected chi connectivity index (χ0v) is 15.7. The first-order valence-corrected chi connectivity index (χ1v) is 9.54. The van der Waals surface area contributed by atoms with Crippen LogP contribution in [-0.2, 0) is 10.0 Å². The van der Waals surface area contributed by atoms with E-state index >= 15 is 0 Å². The van der Waals surface area contributed by atoms with Crippen LogP contribution in [0.1, 0.15) is 11.1 Å². The Kier molecular flexibility index (Phi) is 4.29. The maximum Gasteiger partial charge on any atom is 0.283 e. The first-order chi connectivity index (χ1) is 10.9. The molecule has 0 saturated heterocycles. The minimum absolute atomic E-state index is 0.232. The SMILES string of the molecule is Cc1ccc(-c2c(I)cnn2S(=O)(=O)c2ccc(C)cc2)cc1. The minimum Gasteiger partial charge on any atom is -0.199 e. The summed E-state index contributed by atoms with van der Waals surface area (Å²) in [5.41, 5.74) is 3.55. The molecule has 0 amide bonds. The molecule has 0 fully saturated rings. The number of hydrogen-bond acceptors (Lipinski definition) is 3. The molecule has 0 radical (unpaired) electrons. The summed E-state index contributed by atoms with van der Waals surface area (Å²) >= 11 is 2.11. The number of hydrogen-bond donors (Lipinski definition) is 0. The molecule has 3 aromatic rings. The number of benzene rings is 2. The average molecular weight is 438 g/mol. The van der Waals surface area contributed by atoms with E-state index in [1.54, 1.807) is 30.5 Å². The summed E-state index contributed by atoms with van der Waals surface area (Å²) in [6, 6.07) is 14.5. The van der Waals surface area contributed by atoms with Crippen molar-refractivity contribution in [3.05, 3.63) is 69.4 Å². The smallest absolute Gasteiger partial charge is 0.199 e. The molecule has 2 aromatic carbocycles. The average Bonchev–Trinajstić information content (AvgIpc) is 2.91. The van der Waals surface area contributed by atoms with E-state index in [-0.39, 0.29) is 4.90 Å². The Bertz CT molecular complexity index is 943. The molecule has 4 nitrogen and oxygen atoms in total. The molecule has 0 bridgehead atoms. The predicted octanol–water partition coefficient (Wildman–Crippen LogP) is 4.01. The highest BCUT2D eigenvalue weighted by molar-refractivity contribution is 14.1. The van der Waals surface area contributed by atoms with Crippen LogP contribution in [0.15, 0.2) is 59.6 Å². The fourth-order valence-corrected chi connectivity index (χ4v) is 4.39. The number of halogens is 1. The van der Waals surface area contributed by atoms with Crippen molar-refractivity contribution in [2.75, 3.05) is 0 Å². The molecule has 0 aliphatic rings. The van der Waals surface area contributed by atoms with E-state index in [0.717, 1.165) is 24.3 Å². The van der Waals surface area contributed by atoms with Gasteiger partial charge in [0.2, 0.25) is 0 Å². The van der Waals surface area contributed by atoms with Crippen LogP contribution in [0.4, 0.5) is 0 Å². The van der Waals surface area contributed by atoms with Gasteiger partial charge in [0, 0.05) is 5.56 Å². The van der Waals surface area contributed by atoms with Gasteiger partial charge in [-0.15, -0.1) is 0 Å². The Morgan fingerprint density at radius 1 is 0.913 bits per heavy atom. The third kappa shape index (κ3) is 3.05. The second kappa shape index (κ2) is 6.09. The van der Waals surface area contributed by atoms with Crippen molar-refractivity contribution in [3.8, 4) is 11.3 Å². The van der Waals surface area contributed by atoms with Crippen LogP contribution in [-0.4, -0.2) is 17.6 Å². The molecular formula is C17H15IN2O2S. The molecule has 118 valence electrons. The largest absolute Gasteiger partial charge is 0.283 e. The number of aryl methyl sites for hydroxylation is 2. The molecule has 23 heavy (non-hydrogen) atoms. The zero-order chi connectivity index (χ0) is 16.6. The zero-order valence-electron chi connectivity index (χ0n) is 12.7. The van der Waals surface area contributed by atoms with Crippen LogP contribution in [0.2, 0.25) is 0 Å². The summed E-state index contributed by atoms with van der Waals surface area (Å²) in [6.07, 6.45) is 1.57. The lowest BCUT2D eigenvalue weighted by Gasteiger charge is -2.10. The molecule has 1 aromatic heterocycles. The molecule has 0 aliphatic carbocycles. The molecular weight excluding hydrogens is 423 g/mol. The molecule has 0 saturated carbocycles. The standard InChI is InChI=1S/C17H15IN2O2S/c1-12-3-7-14(8-4-12)17-16(18)11-19-20(17)23(21,22)15-9-5-13(2)6-10-15/h3-11H,1-2H3. The summed E-state index contributed by atoms with van der Waals surface area (Å²) in [6.45, 7) is 3.92. The van der Waals surface area contributed by atoms with Crippen molar-refractivity contribution in [1.29, 1.82) is 0 Å². The third-order valence-electron chi connectivity index (χ3n) is 3.56. The van der Waals surface area contributed by atoms with Crippen LogP contribution in [0.25, 0.3) is 11.3 Å². The molecule has 0 spiro atoms. The molecule has 1 heterocycles. The molecule has 0 atom stereocenters. The van der Waals surface area contributed by atoms with E-state index in [4.69, 9.17) is 0 Å². The Labute approximate surface area is 149 Å². The Balaban J connectivity index is 2.18. The second-order valence-electron chi connectivity index (χ2n) is 5.37. The lowest BCUT2D eigenvalue weighted by molar-refractivity contribution is 0.581. The summed E-state index contributed by atoms with van der Waals surface area (Å²) in [7, 11) is -3.72. The highest BCUT2D eigenvalue weighted by atomic mass is 127. The Hall–Kier alpha value is -1.67. The van der Waals surface area contributed by atoms with E-state index in [1.165, 1.54) is 0 Å². The fourth-order valence-electron chi connectivity index (χ4n) is 2.27. The van der Waals surface area contributed by atoms with Crippen molar-refractivity contribution in [2.24, 2.45) is 0 Å². The third-order valence-corrected chi connectivity index (χ3v) is 5.95. The van der Waals surface area contributed by atoms with Gasteiger partial charge in [0.25, 0.3) is 10.0 Å². The van der Waals surface area contributed by atoms with E-state index in [0.29, 0.717) is 5.69 Å². The van der Waals surface area contributed by atoms with Crippen molar-refractivity contribution in [3.63, 3.8) is 0 Å². The van der Waals surface area contributed by atoms with Crippen molar-refractivity contribution >= 4 is 32.6 Å². The van der Waals surface area contributed by atoms with Gasteiger partial charge in [-0.2, -0.15) is 17.6 Å². The van der Waals surface area contributed by atoms with Crippen LogP contribution < -0.4 is 0 Å². The van der Waals surface area contributed by atoms with Gasteiger partial charge >= 0.3 is 0 Å². The van der Waals surface area contributed by atoms with Crippen LogP contribution in [0.3, 0.4) is 0 Å². The summed E-state index contributed by atoms with van der Waals surface area (Å²) < 4.78 is 27.7. The lowest BCUT2D eigenvalue weighted by atomic mass is 10.1. The van der Waals surface area contributed by atoms with Crippen molar-refractivity contribution in [1.82, 2.24) is 9.19 Å². The van der Waals surface area contributed by atoms with Crippen molar-refractivity contribution < 1.29 is 8.42 Å². The molecule has 0 N–H and O–H groups in total. The summed E-state index contributed by atoms with van der Waals surface area (Å²) in [5.74, 6) is 0. The topological polar surface area (TPSA) is 52.0 Å². The fraction of sp³-hybridized carbons (Fsp3) is 0.118. The van der Waals surface area contributed by atoms with Gasteiger partial charge < -0.3 is 0 Å². The summed E-state index contributed by atoms with van der Waals surface area (Å²) in [5, 5.41) is 4.11. The van der Waals surface area contributed by atoms with Gasteiger partial charge in [-0.05, 0) is 48.6 Å². The predicted molar refractivity (Wildman–Crippen MR) is 98.9 cm³/mol. The number of nitrogens with zero attached hydrogens (tertiary/aromatic N) is 2. The first kappa shape index (κ1) is 16.2. The number of rotatable bonds is 3. The summed E-state index contributed by atoms with van der Waals surface area (Å²) in [4.78, 5) is 0.232. The maximum absolute atomic E-state index is 12.9. The molecule has 6 heteroatoms. The van der Waals surface area contributed by atoms with E-state index < -0.39 is 10.0 Å². The first-order valence-electron chi connectivity index (χ1n) is 7.02.